The van der Waals surface area contributed by atoms with E-state index in [2.05, 4.69) is 12.2 Å². The van der Waals surface area contributed by atoms with E-state index in [-0.39, 0.29) is 18.6 Å². The zero-order chi connectivity index (χ0) is 14.8. The fourth-order valence-corrected chi connectivity index (χ4v) is 1.92. The summed E-state index contributed by atoms with van der Waals surface area (Å²) in [5.74, 6) is 0.297. The van der Waals surface area contributed by atoms with Crippen molar-refractivity contribution in [3.8, 4) is 11.8 Å². The van der Waals surface area contributed by atoms with Gasteiger partial charge >= 0.3 is 0 Å². The van der Waals surface area contributed by atoms with Gasteiger partial charge in [-0.1, -0.05) is 38.3 Å². The first-order chi connectivity index (χ1) is 9.67. The number of nitrogens with zero attached hydrogens (tertiary/aromatic N) is 1. The van der Waals surface area contributed by atoms with Crippen molar-refractivity contribution in [1.29, 1.82) is 5.26 Å². The van der Waals surface area contributed by atoms with Gasteiger partial charge in [-0.3, -0.25) is 4.79 Å². The number of benzene rings is 1. The number of carbonyl (C=O) groups excluding carboxylic acids is 1. The number of hydrogen-bond donors (Lipinski definition) is 1. The van der Waals surface area contributed by atoms with E-state index in [1.165, 1.54) is 12.8 Å². The van der Waals surface area contributed by atoms with Gasteiger partial charge < -0.3 is 10.1 Å². The van der Waals surface area contributed by atoms with Crippen molar-refractivity contribution < 1.29 is 9.53 Å². The quantitative estimate of drug-likeness (QED) is 0.741. The largest absolute Gasteiger partial charge is 0.482 e. The summed E-state index contributed by atoms with van der Waals surface area (Å²) in [5.41, 5.74) is 0.441. The second kappa shape index (κ2) is 8.98. The molecule has 0 spiro atoms. The Morgan fingerprint density at radius 3 is 2.85 bits per heavy atom. The highest BCUT2D eigenvalue weighted by atomic mass is 16.5. The van der Waals surface area contributed by atoms with Gasteiger partial charge in [-0.05, 0) is 25.5 Å². The molecular formula is C16H22N2O2. The summed E-state index contributed by atoms with van der Waals surface area (Å²) in [4.78, 5) is 11.7. The molecule has 0 radical (unpaired) electrons. The lowest BCUT2D eigenvalue weighted by atomic mass is 10.1. The Balaban J connectivity index is 2.34. The number of amides is 1. The fraction of sp³-hybridized carbons (Fsp3) is 0.500. The second-order valence-electron chi connectivity index (χ2n) is 4.86. The van der Waals surface area contributed by atoms with Gasteiger partial charge in [0.15, 0.2) is 6.61 Å². The molecule has 0 saturated heterocycles. The zero-order valence-electron chi connectivity index (χ0n) is 12.2. The van der Waals surface area contributed by atoms with E-state index in [1.54, 1.807) is 24.3 Å². The lowest BCUT2D eigenvalue weighted by Gasteiger charge is -2.14. The number of unbranched alkanes of at least 4 members (excludes halogenated alkanes) is 2. The van der Waals surface area contributed by atoms with Crippen LogP contribution in [-0.4, -0.2) is 18.6 Å². The molecule has 1 aromatic rings. The molecule has 20 heavy (non-hydrogen) atoms. The van der Waals surface area contributed by atoms with E-state index in [4.69, 9.17) is 10.00 Å². The first kappa shape index (κ1) is 16.0. The molecule has 4 heteroatoms. The van der Waals surface area contributed by atoms with Gasteiger partial charge in [-0.25, -0.2) is 0 Å². The number of rotatable bonds is 8. The molecule has 0 saturated carbocycles. The molecule has 1 unspecified atom stereocenters. The van der Waals surface area contributed by atoms with Crippen molar-refractivity contribution in [3.63, 3.8) is 0 Å². The molecule has 0 bridgehead atoms. The molecule has 0 aliphatic carbocycles. The van der Waals surface area contributed by atoms with Crippen LogP contribution in [0.2, 0.25) is 0 Å². The monoisotopic (exact) mass is 274 g/mol. The molecule has 0 aliphatic rings. The highest BCUT2D eigenvalue weighted by Crippen LogP contribution is 2.16. The molecule has 1 atom stereocenters. The van der Waals surface area contributed by atoms with Crippen molar-refractivity contribution in [1.82, 2.24) is 5.32 Å². The number of para-hydroxylation sites is 1. The van der Waals surface area contributed by atoms with Crippen molar-refractivity contribution in [3.05, 3.63) is 29.8 Å². The smallest absolute Gasteiger partial charge is 0.258 e. The summed E-state index contributed by atoms with van der Waals surface area (Å²) in [6.45, 7) is 4.09. The fourth-order valence-electron chi connectivity index (χ4n) is 1.92. The molecule has 0 aromatic heterocycles. The van der Waals surface area contributed by atoms with Crippen molar-refractivity contribution in [2.45, 2.75) is 45.6 Å². The molecule has 4 nitrogen and oxygen atoms in total. The summed E-state index contributed by atoms with van der Waals surface area (Å²) in [5, 5.41) is 11.8. The van der Waals surface area contributed by atoms with Crippen LogP contribution in [-0.2, 0) is 4.79 Å². The third kappa shape index (κ3) is 5.75. The van der Waals surface area contributed by atoms with Crippen LogP contribution in [0.3, 0.4) is 0 Å². The van der Waals surface area contributed by atoms with Crippen LogP contribution in [0, 0.1) is 11.3 Å². The maximum absolute atomic E-state index is 11.7. The van der Waals surface area contributed by atoms with Gasteiger partial charge in [0.05, 0.1) is 5.56 Å². The molecule has 1 rings (SSSR count). The van der Waals surface area contributed by atoms with Gasteiger partial charge in [-0.15, -0.1) is 0 Å². The summed E-state index contributed by atoms with van der Waals surface area (Å²) < 4.78 is 5.38. The Bertz CT molecular complexity index is 466. The van der Waals surface area contributed by atoms with Crippen LogP contribution in [0.15, 0.2) is 24.3 Å². The topological polar surface area (TPSA) is 62.1 Å². The lowest BCUT2D eigenvalue weighted by Crippen LogP contribution is -2.36. The summed E-state index contributed by atoms with van der Waals surface area (Å²) in [6, 6.07) is 9.10. The minimum Gasteiger partial charge on any atom is -0.482 e. The average Bonchev–Trinajstić information content (AvgIpc) is 2.45. The Labute approximate surface area is 120 Å². The number of nitrogens with one attached hydrogen (secondary N) is 1. The molecule has 0 heterocycles. The molecular weight excluding hydrogens is 252 g/mol. The summed E-state index contributed by atoms with van der Waals surface area (Å²) in [6.07, 6.45) is 4.46. The van der Waals surface area contributed by atoms with E-state index < -0.39 is 0 Å². The molecule has 108 valence electrons. The predicted molar refractivity (Wildman–Crippen MR) is 78.4 cm³/mol. The van der Waals surface area contributed by atoms with E-state index in [9.17, 15) is 4.79 Å². The first-order valence-corrected chi connectivity index (χ1v) is 7.08. The normalized spacial score (nSPS) is 11.4. The number of hydrogen-bond acceptors (Lipinski definition) is 3. The Kier molecular flexibility index (Phi) is 7.20. The van der Waals surface area contributed by atoms with E-state index in [0.717, 1.165) is 12.8 Å². The van der Waals surface area contributed by atoms with E-state index >= 15 is 0 Å². The van der Waals surface area contributed by atoms with Crippen molar-refractivity contribution >= 4 is 5.91 Å². The maximum Gasteiger partial charge on any atom is 0.258 e. The maximum atomic E-state index is 11.7. The zero-order valence-corrected chi connectivity index (χ0v) is 12.2. The third-order valence-corrected chi connectivity index (χ3v) is 3.01. The van der Waals surface area contributed by atoms with Gasteiger partial charge in [0.1, 0.15) is 11.8 Å². The molecule has 1 amide bonds. The number of ether oxygens (including phenoxy) is 1. The third-order valence-electron chi connectivity index (χ3n) is 3.01. The van der Waals surface area contributed by atoms with Gasteiger partial charge in [0, 0.05) is 6.04 Å². The molecule has 1 aromatic carbocycles. The van der Waals surface area contributed by atoms with Crippen LogP contribution < -0.4 is 10.1 Å². The summed E-state index contributed by atoms with van der Waals surface area (Å²) in [7, 11) is 0. The Morgan fingerprint density at radius 1 is 1.40 bits per heavy atom. The molecule has 1 N–H and O–H groups in total. The molecule has 0 fully saturated rings. The van der Waals surface area contributed by atoms with Gasteiger partial charge in [0.25, 0.3) is 5.91 Å². The SMILES string of the molecule is CCCCCC(C)NC(=O)COc1ccccc1C#N. The van der Waals surface area contributed by atoms with Crippen LogP contribution in [0.1, 0.15) is 45.1 Å². The first-order valence-electron chi connectivity index (χ1n) is 7.08. The summed E-state index contributed by atoms with van der Waals surface area (Å²) >= 11 is 0. The van der Waals surface area contributed by atoms with Crippen molar-refractivity contribution in [2.24, 2.45) is 0 Å². The Morgan fingerprint density at radius 2 is 2.15 bits per heavy atom. The van der Waals surface area contributed by atoms with Crippen molar-refractivity contribution in [2.75, 3.05) is 6.61 Å². The average molecular weight is 274 g/mol. The van der Waals surface area contributed by atoms with Crippen LogP contribution >= 0.6 is 0 Å². The minimum absolute atomic E-state index is 0.0587. The number of carbonyl (C=O) groups is 1. The minimum atomic E-state index is -0.151. The van der Waals surface area contributed by atoms with Crippen LogP contribution in [0.4, 0.5) is 0 Å². The van der Waals surface area contributed by atoms with Gasteiger partial charge in [-0.2, -0.15) is 5.26 Å². The lowest BCUT2D eigenvalue weighted by molar-refractivity contribution is -0.123. The van der Waals surface area contributed by atoms with Crippen LogP contribution in [0.25, 0.3) is 0 Å². The number of nitriles is 1. The van der Waals surface area contributed by atoms with Crippen LogP contribution in [0.5, 0.6) is 5.75 Å². The molecule has 0 aliphatic heterocycles. The highest BCUT2D eigenvalue weighted by molar-refractivity contribution is 5.77. The van der Waals surface area contributed by atoms with E-state index in [0.29, 0.717) is 11.3 Å². The van der Waals surface area contributed by atoms with Gasteiger partial charge in [0.2, 0.25) is 0 Å². The van der Waals surface area contributed by atoms with E-state index in [1.807, 2.05) is 13.0 Å². The predicted octanol–water partition coefficient (Wildman–Crippen LogP) is 3.02. The Hall–Kier alpha value is -2.02. The second-order valence-corrected chi connectivity index (χ2v) is 4.86. The highest BCUT2D eigenvalue weighted by Gasteiger charge is 2.09. The standard InChI is InChI=1S/C16H22N2O2/c1-3-4-5-8-13(2)18-16(19)12-20-15-10-7-6-9-14(15)11-17/h6-7,9-10,13H,3-5,8,12H2,1-2H3,(H,18,19).